The second-order valence-electron chi connectivity index (χ2n) is 3.74. The van der Waals surface area contributed by atoms with E-state index in [1.807, 2.05) is 13.8 Å². The minimum absolute atomic E-state index is 0.0605. The number of carbonyl (C=O) groups excluding carboxylic acids is 2. The van der Waals surface area contributed by atoms with Gasteiger partial charge in [0.25, 0.3) is 0 Å². The Morgan fingerprint density at radius 2 is 2.14 bits per heavy atom. The van der Waals surface area contributed by atoms with E-state index in [1.54, 1.807) is 0 Å². The molecule has 1 saturated heterocycles. The number of ether oxygens (including phenoxy) is 2. The van der Waals surface area contributed by atoms with E-state index in [9.17, 15) is 9.59 Å². The fraction of sp³-hybridized carbons (Fsp3) is 0.800. The highest BCUT2D eigenvalue weighted by atomic mass is 16.6. The van der Waals surface area contributed by atoms with E-state index in [1.165, 1.54) is 6.92 Å². The molecule has 0 spiro atoms. The highest BCUT2D eigenvalue weighted by molar-refractivity contribution is 5.70. The van der Waals surface area contributed by atoms with E-state index in [4.69, 9.17) is 9.47 Å². The molecular formula is C10H16O4. The van der Waals surface area contributed by atoms with Crippen LogP contribution < -0.4 is 0 Å². The van der Waals surface area contributed by atoms with Crippen LogP contribution in [0.25, 0.3) is 0 Å². The molecule has 0 aromatic heterocycles. The lowest BCUT2D eigenvalue weighted by Crippen LogP contribution is -2.30. The highest BCUT2D eigenvalue weighted by Gasteiger charge is 2.31. The number of esters is 2. The van der Waals surface area contributed by atoms with Gasteiger partial charge in [0.1, 0.15) is 12.2 Å². The molecule has 0 aromatic rings. The lowest BCUT2D eigenvalue weighted by Gasteiger charge is -2.24. The molecule has 0 amide bonds. The Bertz CT molecular complexity index is 236. The van der Waals surface area contributed by atoms with Crippen LogP contribution in [0, 0.1) is 5.92 Å². The first-order valence-electron chi connectivity index (χ1n) is 4.87. The number of rotatable bonds is 1. The molecule has 0 N–H and O–H groups in total. The molecule has 1 rings (SSSR count). The maximum Gasteiger partial charge on any atom is 0.306 e. The molecule has 4 heteroatoms. The summed E-state index contributed by atoms with van der Waals surface area (Å²) in [5.41, 5.74) is 0. The van der Waals surface area contributed by atoms with Crippen molar-refractivity contribution in [1.82, 2.24) is 0 Å². The summed E-state index contributed by atoms with van der Waals surface area (Å²) in [7, 11) is 0. The molecule has 0 radical (unpaired) electrons. The predicted molar refractivity (Wildman–Crippen MR) is 49.5 cm³/mol. The third-order valence-corrected chi connectivity index (χ3v) is 2.59. The van der Waals surface area contributed by atoms with Gasteiger partial charge in [0.2, 0.25) is 0 Å². The number of carbonyl (C=O) groups is 2. The SMILES string of the molecule is CC(=O)O[C@@H]1CCC(=O)O[C@@H](C)[C@H]1C. The Kier molecular flexibility index (Phi) is 3.49. The number of hydrogen-bond donors (Lipinski definition) is 0. The molecule has 0 saturated carbocycles. The Balaban J connectivity index is 2.64. The number of cyclic esters (lactones) is 1. The van der Waals surface area contributed by atoms with E-state index in [-0.39, 0.29) is 30.1 Å². The fourth-order valence-corrected chi connectivity index (χ4v) is 1.58. The van der Waals surface area contributed by atoms with Crippen LogP contribution >= 0.6 is 0 Å². The van der Waals surface area contributed by atoms with Crippen molar-refractivity contribution in [3.63, 3.8) is 0 Å². The average Bonchev–Trinajstić information content (AvgIpc) is 2.18. The lowest BCUT2D eigenvalue weighted by atomic mass is 9.97. The van der Waals surface area contributed by atoms with E-state index >= 15 is 0 Å². The average molecular weight is 200 g/mol. The van der Waals surface area contributed by atoms with Crippen molar-refractivity contribution in [1.29, 1.82) is 0 Å². The second-order valence-corrected chi connectivity index (χ2v) is 3.74. The first kappa shape index (κ1) is 11.0. The van der Waals surface area contributed by atoms with Gasteiger partial charge in [-0.1, -0.05) is 6.92 Å². The minimum atomic E-state index is -0.302. The second kappa shape index (κ2) is 4.44. The summed E-state index contributed by atoms with van der Waals surface area (Å²) in [6.45, 7) is 5.13. The van der Waals surface area contributed by atoms with Crippen LogP contribution in [-0.4, -0.2) is 24.1 Å². The summed E-state index contributed by atoms with van der Waals surface area (Å²) < 4.78 is 10.2. The van der Waals surface area contributed by atoms with Crippen LogP contribution in [0.15, 0.2) is 0 Å². The molecule has 4 nitrogen and oxygen atoms in total. The van der Waals surface area contributed by atoms with Gasteiger partial charge in [-0.3, -0.25) is 9.59 Å². The lowest BCUT2D eigenvalue weighted by molar-refractivity contribution is -0.152. The Hall–Kier alpha value is -1.06. The molecule has 0 aromatic carbocycles. The van der Waals surface area contributed by atoms with Gasteiger partial charge in [-0.15, -0.1) is 0 Å². The first-order chi connectivity index (χ1) is 6.50. The molecular weight excluding hydrogens is 184 g/mol. The van der Waals surface area contributed by atoms with Gasteiger partial charge >= 0.3 is 11.9 Å². The Morgan fingerprint density at radius 1 is 1.50 bits per heavy atom. The first-order valence-corrected chi connectivity index (χ1v) is 4.87. The van der Waals surface area contributed by atoms with Crippen LogP contribution in [0.2, 0.25) is 0 Å². The summed E-state index contributed by atoms with van der Waals surface area (Å²) in [5, 5.41) is 0. The smallest absolute Gasteiger partial charge is 0.306 e. The molecule has 1 aliphatic heterocycles. The minimum Gasteiger partial charge on any atom is -0.462 e. The Labute approximate surface area is 83.6 Å². The highest BCUT2D eigenvalue weighted by Crippen LogP contribution is 2.23. The third kappa shape index (κ3) is 2.72. The van der Waals surface area contributed by atoms with E-state index in [0.29, 0.717) is 12.8 Å². The van der Waals surface area contributed by atoms with Crippen LogP contribution in [0.1, 0.15) is 33.6 Å². The summed E-state index contributed by atoms with van der Waals surface area (Å²) >= 11 is 0. The van der Waals surface area contributed by atoms with Gasteiger partial charge in [-0.25, -0.2) is 0 Å². The van der Waals surface area contributed by atoms with Gasteiger partial charge in [-0.2, -0.15) is 0 Å². The molecule has 3 atom stereocenters. The topological polar surface area (TPSA) is 52.6 Å². The van der Waals surface area contributed by atoms with E-state index in [0.717, 1.165) is 0 Å². The fourth-order valence-electron chi connectivity index (χ4n) is 1.58. The van der Waals surface area contributed by atoms with Gasteiger partial charge in [0.15, 0.2) is 0 Å². The molecule has 14 heavy (non-hydrogen) atoms. The summed E-state index contributed by atoms with van der Waals surface area (Å²) in [6.07, 6.45) is 0.500. The van der Waals surface area contributed by atoms with Crippen LogP contribution in [0.4, 0.5) is 0 Å². The molecule has 0 aliphatic carbocycles. The monoisotopic (exact) mass is 200 g/mol. The van der Waals surface area contributed by atoms with E-state index < -0.39 is 0 Å². The van der Waals surface area contributed by atoms with Gasteiger partial charge < -0.3 is 9.47 Å². The molecule has 1 heterocycles. The number of hydrogen-bond acceptors (Lipinski definition) is 4. The van der Waals surface area contributed by atoms with Crippen molar-refractivity contribution in [2.45, 2.75) is 45.8 Å². The molecule has 1 fully saturated rings. The van der Waals surface area contributed by atoms with Crippen molar-refractivity contribution in [2.75, 3.05) is 0 Å². The summed E-state index contributed by atoms with van der Waals surface area (Å²) in [5.74, 6) is -0.451. The summed E-state index contributed by atoms with van der Waals surface area (Å²) in [4.78, 5) is 21.9. The summed E-state index contributed by atoms with van der Waals surface area (Å²) in [6, 6.07) is 0. The Morgan fingerprint density at radius 3 is 2.71 bits per heavy atom. The van der Waals surface area contributed by atoms with Crippen molar-refractivity contribution in [3.8, 4) is 0 Å². The standard InChI is InChI=1S/C10H16O4/c1-6-7(2)13-10(12)5-4-9(6)14-8(3)11/h6-7,9H,4-5H2,1-3H3/t6-,7+,9-/m1/s1. The van der Waals surface area contributed by atoms with Crippen LogP contribution in [-0.2, 0) is 19.1 Å². The molecule has 0 bridgehead atoms. The molecule has 80 valence electrons. The van der Waals surface area contributed by atoms with Crippen LogP contribution in [0.3, 0.4) is 0 Å². The van der Waals surface area contributed by atoms with Crippen molar-refractivity contribution >= 4 is 11.9 Å². The quantitative estimate of drug-likeness (QED) is 0.598. The predicted octanol–water partition coefficient (Wildman–Crippen LogP) is 1.28. The van der Waals surface area contributed by atoms with Gasteiger partial charge in [0.05, 0.1) is 0 Å². The zero-order valence-electron chi connectivity index (χ0n) is 8.78. The third-order valence-electron chi connectivity index (χ3n) is 2.59. The van der Waals surface area contributed by atoms with Crippen molar-refractivity contribution in [2.24, 2.45) is 5.92 Å². The van der Waals surface area contributed by atoms with E-state index in [2.05, 4.69) is 0 Å². The normalized spacial score (nSPS) is 33.1. The van der Waals surface area contributed by atoms with Crippen molar-refractivity contribution < 1.29 is 19.1 Å². The zero-order valence-corrected chi connectivity index (χ0v) is 8.78. The molecule has 0 unspecified atom stereocenters. The van der Waals surface area contributed by atoms with Gasteiger partial charge in [0, 0.05) is 19.3 Å². The van der Waals surface area contributed by atoms with Crippen molar-refractivity contribution in [3.05, 3.63) is 0 Å². The zero-order chi connectivity index (χ0) is 10.7. The van der Waals surface area contributed by atoms with Crippen LogP contribution in [0.5, 0.6) is 0 Å². The maximum absolute atomic E-state index is 11.1. The maximum atomic E-state index is 11.1. The molecule has 1 aliphatic rings. The van der Waals surface area contributed by atoms with Gasteiger partial charge in [-0.05, 0) is 13.3 Å². The largest absolute Gasteiger partial charge is 0.462 e.